The van der Waals surface area contributed by atoms with E-state index < -0.39 is 0 Å². The molecule has 0 bridgehead atoms. The van der Waals surface area contributed by atoms with Crippen molar-refractivity contribution in [2.75, 3.05) is 0 Å². The van der Waals surface area contributed by atoms with Gasteiger partial charge in [-0.2, -0.15) is 0 Å². The smallest absolute Gasteiger partial charge is 0.159 e. The second kappa shape index (κ2) is 3.50. The summed E-state index contributed by atoms with van der Waals surface area (Å²) >= 11 is 6.05. The van der Waals surface area contributed by atoms with E-state index in [2.05, 4.69) is 16.3 Å². The maximum Gasteiger partial charge on any atom is 0.159 e. The molecule has 0 aliphatic heterocycles. The van der Waals surface area contributed by atoms with Crippen molar-refractivity contribution in [1.29, 1.82) is 0 Å². The third-order valence-corrected chi connectivity index (χ3v) is 2.65. The molecule has 13 heavy (non-hydrogen) atoms. The van der Waals surface area contributed by atoms with Crippen LogP contribution in [0.1, 0.15) is 25.1 Å². The molecule has 1 aliphatic carbocycles. The van der Waals surface area contributed by atoms with Crippen LogP contribution in [0.3, 0.4) is 0 Å². The highest BCUT2D eigenvalue weighted by Gasteiger charge is 2.15. The molecule has 0 amide bonds. The first-order chi connectivity index (χ1) is 6.27. The van der Waals surface area contributed by atoms with Crippen molar-refractivity contribution >= 4 is 17.2 Å². The SMILES string of the molecule is Cn1cnnc1C1=CC(Cl)CCC1. The fourth-order valence-electron chi connectivity index (χ4n) is 1.63. The zero-order valence-corrected chi connectivity index (χ0v) is 8.33. The summed E-state index contributed by atoms with van der Waals surface area (Å²) in [5.74, 6) is 0.949. The Morgan fingerprint density at radius 1 is 1.62 bits per heavy atom. The number of aryl methyl sites for hydroxylation is 1. The average Bonchev–Trinajstić information content (AvgIpc) is 2.51. The van der Waals surface area contributed by atoms with E-state index >= 15 is 0 Å². The summed E-state index contributed by atoms with van der Waals surface area (Å²) in [6.45, 7) is 0. The van der Waals surface area contributed by atoms with Crippen LogP contribution in [0.25, 0.3) is 5.57 Å². The van der Waals surface area contributed by atoms with Gasteiger partial charge in [0, 0.05) is 7.05 Å². The van der Waals surface area contributed by atoms with Crippen molar-refractivity contribution < 1.29 is 0 Å². The predicted octanol–water partition coefficient (Wildman–Crippen LogP) is 1.99. The molecule has 0 radical (unpaired) electrons. The number of nitrogens with zero attached hydrogens (tertiary/aromatic N) is 3. The Bertz CT molecular complexity index is 329. The maximum atomic E-state index is 6.05. The van der Waals surface area contributed by atoms with Gasteiger partial charge >= 0.3 is 0 Å². The molecule has 0 spiro atoms. The number of hydrogen-bond acceptors (Lipinski definition) is 2. The number of allylic oxidation sites excluding steroid dienone is 2. The van der Waals surface area contributed by atoms with Crippen LogP contribution in [0.15, 0.2) is 12.4 Å². The molecule has 2 rings (SSSR count). The average molecular weight is 198 g/mol. The zero-order chi connectivity index (χ0) is 9.26. The number of halogens is 1. The van der Waals surface area contributed by atoms with Crippen molar-refractivity contribution in [3.8, 4) is 0 Å². The summed E-state index contributed by atoms with van der Waals surface area (Å²) in [5, 5.41) is 8.08. The van der Waals surface area contributed by atoms with Crippen LogP contribution < -0.4 is 0 Å². The van der Waals surface area contributed by atoms with Gasteiger partial charge in [0.15, 0.2) is 5.82 Å². The van der Waals surface area contributed by atoms with Crippen LogP contribution in [0.4, 0.5) is 0 Å². The van der Waals surface area contributed by atoms with Crippen LogP contribution in [0.5, 0.6) is 0 Å². The van der Waals surface area contributed by atoms with Crippen LogP contribution >= 0.6 is 11.6 Å². The minimum Gasteiger partial charge on any atom is -0.317 e. The molecule has 70 valence electrons. The van der Waals surface area contributed by atoms with E-state index in [1.54, 1.807) is 6.33 Å². The first-order valence-electron chi connectivity index (χ1n) is 4.46. The van der Waals surface area contributed by atoms with Gasteiger partial charge in [-0.1, -0.05) is 6.08 Å². The van der Waals surface area contributed by atoms with Gasteiger partial charge in [-0.25, -0.2) is 0 Å². The first kappa shape index (κ1) is 8.75. The van der Waals surface area contributed by atoms with E-state index in [1.165, 1.54) is 5.57 Å². The Kier molecular flexibility index (Phi) is 2.36. The molecule has 1 heterocycles. The molecule has 0 N–H and O–H groups in total. The second-order valence-corrected chi connectivity index (χ2v) is 3.93. The third-order valence-electron chi connectivity index (χ3n) is 2.31. The molecule has 0 saturated heterocycles. The molecule has 1 aromatic rings. The lowest BCUT2D eigenvalue weighted by Crippen LogP contribution is -2.06. The number of aromatic nitrogens is 3. The van der Waals surface area contributed by atoms with Crippen LogP contribution in [-0.2, 0) is 7.05 Å². The molecule has 3 nitrogen and oxygen atoms in total. The van der Waals surface area contributed by atoms with Crippen molar-refractivity contribution in [2.45, 2.75) is 24.6 Å². The highest BCUT2D eigenvalue weighted by atomic mass is 35.5. The monoisotopic (exact) mass is 197 g/mol. The molecular weight excluding hydrogens is 186 g/mol. The minimum absolute atomic E-state index is 0.167. The molecule has 0 saturated carbocycles. The van der Waals surface area contributed by atoms with Gasteiger partial charge in [0.2, 0.25) is 0 Å². The summed E-state index contributed by atoms with van der Waals surface area (Å²) in [6, 6.07) is 0. The third kappa shape index (κ3) is 1.75. The minimum atomic E-state index is 0.167. The normalized spacial score (nSPS) is 22.9. The molecule has 1 aromatic heterocycles. The van der Waals surface area contributed by atoms with Crippen molar-refractivity contribution in [2.24, 2.45) is 7.05 Å². The lowest BCUT2D eigenvalue weighted by molar-refractivity contribution is 0.735. The zero-order valence-electron chi connectivity index (χ0n) is 7.57. The Morgan fingerprint density at radius 2 is 2.46 bits per heavy atom. The topological polar surface area (TPSA) is 30.7 Å². The molecule has 1 unspecified atom stereocenters. The Balaban J connectivity index is 2.30. The van der Waals surface area contributed by atoms with E-state index in [-0.39, 0.29) is 5.38 Å². The van der Waals surface area contributed by atoms with Gasteiger partial charge in [-0.15, -0.1) is 21.8 Å². The van der Waals surface area contributed by atoms with Gasteiger partial charge in [-0.05, 0) is 24.8 Å². The molecule has 0 aromatic carbocycles. The Hall–Kier alpha value is -0.830. The van der Waals surface area contributed by atoms with Crippen molar-refractivity contribution in [1.82, 2.24) is 14.8 Å². The predicted molar refractivity (Wildman–Crippen MR) is 52.5 cm³/mol. The maximum absolute atomic E-state index is 6.05. The van der Waals surface area contributed by atoms with Gasteiger partial charge in [0.25, 0.3) is 0 Å². The summed E-state index contributed by atoms with van der Waals surface area (Å²) < 4.78 is 1.93. The lowest BCUT2D eigenvalue weighted by Gasteiger charge is -2.15. The molecular formula is C9H12ClN3. The van der Waals surface area contributed by atoms with E-state index in [4.69, 9.17) is 11.6 Å². The fourth-order valence-corrected chi connectivity index (χ4v) is 1.94. The number of hydrogen-bond donors (Lipinski definition) is 0. The van der Waals surface area contributed by atoms with Crippen LogP contribution in [0.2, 0.25) is 0 Å². The number of alkyl halides is 1. The molecule has 1 atom stereocenters. The largest absolute Gasteiger partial charge is 0.317 e. The lowest BCUT2D eigenvalue weighted by atomic mass is 9.99. The second-order valence-electron chi connectivity index (χ2n) is 3.37. The Morgan fingerprint density at radius 3 is 3.08 bits per heavy atom. The Labute approximate surface area is 82.4 Å². The molecule has 4 heteroatoms. The van der Waals surface area contributed by atoms with Gasteiger partial charge in [0.05, 0.1) is 5.38 Å². The van der Waals surface area contributed by atoms with E-state index in [0.29, 0.717) is 0 Å². The van der Waals surface area contributed by atoms with Gasteiger partial charge < -0.3 is 4.57 Å². The molecule has 0 fully saturated rings. The van der Waals surface area contributed by atoms with Gasteiger partial charge in [-0.3, -0.25) is 0 Å². The quantitative estimate of drug-likeness (QED) is 0.645. The van der Waals surface area contributed by atoms with E-state index in [1.807, 2.05) is 11.6 Å². The van der Waals surface area contributed by atoms with Crippen molar-refractivity contribution in [3.05, 3.63) is 18.2 Å². The first-order valence-corrected chi connectivity index (χ1v) is 4.90. The fraction of sp³-hybridized carbons (Fsp3) is 0.556. The summed E-state index contributed by atoms with van der Waals surface area (Å²) in [7, 11) is 1.95. The highest BCUT2D eigenvalue weighted by molar-refractivity contribution is 6.22. The van der Waals surface area contributed by atoms with Crippen molar-refractivity contribution in [3.63, 3.8) is 0 Å². The standard InChI is InChI=1S/C9H12ClN3/c1-13-6-11-12-9(13)7-3-2-4-8(10)5-7/h5-6,8H,2-4H2,1H3. The highest BCUT2D eigenvalue weighted by Crippen LogP contribution is 2.27. The van der Waals surface area contributed by atoms with Crippen LogP contribution in [0, 0.1) is 0 Å². The van der Waals surface area contributed by atoms with E-state index in [9.17, 15) is 0 Å². The molecule has 1 aliphatic rings. The van der Waals surface area contributed by atoms with Crippen LogP contribution in [-0.4, -0.2) is 20.1 Å². The number of rotatable bonds is 1. The summed E-state index contributed by atoms with van der Waals surface area (Å²) in [4.78, 5) is 0. The summed E-state index contributed by atoms with van der Waals surface area (Å²) in [6.07, 6.45) is 7.09. The summed E-state index contributed by atoms with van der Waals surface area (Å²) in [5.41, 5.74) is 1.23. The van der Waals surface area contributed by atoms with Gasteiger partial charge in [0.1, 0.15) is 6.33 Å². The van der Waals surface area contributed by atoms with E-state index in [0.717, 1.165) is 25.1 Å².